The van der Waals surface area contributed by atoms with Crippen molar-refractivity contribution in [1.82, 2.24) is 9.88 Å². The van der Waals surface area contributed by atoms with Gasteiger partial charge in [0.1, 0.15) is 23.3 Å². The number of hydrogen-bond donors (Lipinski definition) is 1. The molecule has 1 aliphatic heterocycles. The van der Waals surface area contributed by atoms with Gasteiger partial charge < -0.3 is 14.6 Å². The third-order valence-corrected chi connectivity index (χ3v) is 5.21. The number of ether oxygens (including phenoxy) is 2. The van der Waals surface area contributed by atoms with Gasteiger partial charge in [-0.25, -0.2) is 9.18 Å². The molecule has 0 saturated carbocycles. The molecule has 1 amide bonds. The summed E-state index contributed by atoms with van der Waals surface area (Å²) in [5.74, 6) is 0.240. The van der Waals surface area contributed by atoms with Crippen LogP contribution < -0.4 is 4.74 Å². The second kappa shape index (κ2) is 9.00. The topological polar surface area (TPSA) is 71.9 Å². The zero-order chi connectivity index (χ0) is 21.9. The summed E-state index contributed by atoms with van der Waals surface area (Å²) in [6.07, 6.45) is 2.89. The van der Waals surface area contributed by atoms with E-state index in [1.165, 1.54) is 12.3 Å². The maximum atomic E-state index is 13.6. The number of aliphatic hydroxyl groups excluding tert-OH is 1. The Kier molecular flexibility index (Phi) is 6.61. The Morgan fingerprint density at radius 2 is 1.97 bits per heavy atom. The van der Waals surface area contributed by atoms with Gasteiger partial charge in [0.2, 0.25) is 0 Å². The highest BCUT2D eigenvalue weighted by Crippen LogP contribution is 2.36. The summed E-state index contributed by atoms with van der Waals surface area (Å²) in [6.45, 7) is 5.42. The quantitative estimate of drug-likeness (QED) is 0.788. The van der Waals surface area contributed by atoms with E-state index in [0.717, 1.165) is 17.5 Å². The predicted molar refractivity (Wildman–Crippen MR) is 111 cm³/mol. The monoisotopic (exact) mass is 416 g/mol. The van der Waals surface area contributed by atoms with Gasteiger partial charge >= 0.3 is 6.09 Å². The zero-order valence-corrected chi connectivity index (χ0v) is 17.8. The van der Waals surface area contributed by atoms with Gasteiger partial charge in [0.05, 0.1) is 19.3 Å². The van der Waals surface area contributed by atoms with Gasteiger partial charge in [-0.1, -0.05) is 12.1 Å². The van der Waals surface area contributed by atoms with E-state index in [4.69, 9.17) is 9.47 Å². The van der Waals surface area contributed by atoms with Crippen LogP contribution in [-0.2, 0) is 11.2 Å². The van der Waals surface area contributed by atoms with Gasteiger partial charge in [0.15, 0.2) is 0 Å². The normalized spacial score (nSPS) is 20.1. The first-order valence-corrected chi connectivity index (χ1v) is 10.1. The molecule has 3 atom stereocenters. The van der Waals surface area contributed by atoms with Gasteiger partial charge in [0.25, 0.3) is 0 Å². The summed E-state index contributed by atoms with van der Waals surface area (Å²) in [5, 5.41) is 10.9. The fraction of sp³-hybridized carbons (Fsp3) is 0.478. The fourth-order valence-corrected chi connectivity index (χ4v) is 3.87. The molecule has 1 aliphatic rings. The number of amides is 1. The Morgan fingerprint density at radius 3 is 2.57 bits per heavy atom. The van der Waals surface area contributed by atoms with Gasteiger partial charge in [-0.05, 0) is 63.8 Å². The van der Waals surface area contributed by atoms with Crippen LogP contribution in [0.1, 0.15) is 50.8 Å². The van der Waals surface area contributed by atoms with E-state index < -0.39 is 29.7 Å². The molecule has 30 heavy (non-hydrogen) atoms. The minimum absolute atomic E-state index is 0.144. The van der Waals surface area contributed by atoms with Crippen LogP contribution in [0.4, 0.5) is 9.18 Å². The molecule has 0 radical (unpaired) electrons. The molecule has 6 nitrogen and oxygen atoms in total. The molecular weight excluding hydrogens is 387 g/mol. The predicted octanol–water partition coefficient (Wildman–Crippen LogP) is 4.27. The number of hydrogen-bond acceptors (Lipinski definition) is 5. The van der Waals surface area contributed by atoms with Crippen molar-refractivity contribution in [2.45, 2.75) is 63.8 Å². The van der Waals surface area contributed by atoms with Crippen LogP contribution in [0.2, 0.25) is 0 Å². The van der Waals surface area contributed by atoms with Crippen LogP contribution in [0.5, 0.6) is 5.75 Å². The largest absolute Gasteiger partial charge is 0.497 e. The molecule has 1 N–H and O–H groups in total. The van der Waals surface area contributed by atoms with Crippen molar-refractivity contribution in [2.75, 3.05) is 7.11 Å². The molecule has 2 heterocycles. The number of carbonyl (C=O) groups is 1. The average molecular weight is 416 g/mol. The molecule has 162 valence electrons. The second-order valence-corrected chi connectivity index (χ2v) is 8.62. The number of aromatic nitrogens is 1. The molecule has 1 aromatic carbocycles. The highest BCUT2D eigenvalue weighted by molar-refractivity contribution is 5.69. The molecule has 0 aliphatic carbocycles. The Bertz CT molecular complexity index is 866. The van der Waals surface area contributed by atoms with Crippen LogP contribution in [0, 0.1) is 5.82 Å². The lowest BCUT2D eigenvalue weighted by Gasteiger charge is -2.34. The highest BCUT2D eigenvalue weighted by atomic mass is 19.1. The standard InChI is InChI=1S/C23H29FN2O4/c1-23(2,3)30-22(28)26-18(11-15-5-8-19(29-4)9-6-15)7-10-20(26)21(27)16-12-17(24)14-25-13-16/h5-6,8-9,12-14,18,20-21,27H,7,10-11H2,1-4H3. The number of halogens is 1. The number of rotatable bonds is 5. The first-order valence-electron chi connectivity index (χ1n) is 10.1. The van der Waals surface area contributed by atoms with E-state index >= 15 is 0 Å². The van der Waals surface area contributed by atoms with Crippen molar-refractivity contribution in [3.05, 3.63) is 59.7 Å². The fourth-order valence-electron chi connectivity index (χ4n) is 3.87. The van der Waals surface area contributed by atoms with E-state index in [2.05, 4.69) is 4.98 Å². The first kappa shape index (κ1) is 22.0. The SMILES string of the molecule is COc1ccc(CC2CCC(C(O)c3cncc(F)c3)N2C(=O)OC(C)(C)C)cc1. The molecule has 0 bridgehead atoms. The second-order valence-electron chi connectivity index (χ2n) is 8.62. The third-order valence-electron chi connectivity index (χ3n) is 5.21. The number of methoxy groups -OCH3 is 1. The zero-order valence-electron chi connectivity index (χ0n) is 17.8. The Labute approximate surface area is 176 Å². The van der Waals surface area contributed by atoms with E-state index in [9.17, 15) is 14.3 Å². The van der Waals surface area contributed by atoms with Gasteiger partial charge in [-0.15, -0.1) is 0 Å². The average Bonchev–Trinajstić information content (AvgIpc) is 3.10. The van der Waals surface area contributed by atoms with Gasteiger partial charge in [-0.2, -0.15) is 0 Å². The summed E-state index contributed by atoms with van der Waals surface area (Å²) >= 11 is 0. The maximum absolute atomic E-state index is 13.6. The Balaban J connectivity index is 1.85. The van der Waals surface area contributed by atoms with Crippen molar-refractivity contribution >= 4 is 6.09 Å². The van der Waals surface area contributed by atoms with Crippen molar-refractivity contribution in [3.63, 3.8) is 0 Å². The lowest BCUT2D eigenvalue weighted by Crippen LogP contribution is -2.47. The third kappa shape index (κ3) is 5.27. The number of benzene rings is 1. The van der Waals surface area contributed by atoms with Crippen LogP contribution >= 0.6 is 0 Å². The number of pyridine rings is 1. The van der Waals surface area contributed by atoms with Crippen molar-refractivity contribution in [3.8, 4) is 5.75 Å². The molecule has 3 unspecified atom stereocenters. The molecule has 3 rings (SSSR count). The molecule has 2 aromatic rings. The molecular formula is C23H29FN2O4. The summed E-state index contributed by atoms with van der Waals surface area (Å²) in [4.78, 5) is 18.5. The number of likely N-dealkylation sites (tertiary alicyclic amines) is 1. The van der Waals surface area contributed by atoms with E-state index in [-0.39, 0.29) is 6.04 Å². The van der Waals surface area contributed by atoms with Crippen molar-refractivity contribution in [1.29, 1.82) is 0 Å². The minimum Gasteiger partial charge on any atom is -0.497 e. The molecule has 1 fully saturated rings. The lowest BCUT2D eigenvalue weighted by atomic mass is 10.0. The summed E-state index contributed by atoms with van der Waals surface area (Å²) in [6, 6.07) is 8.28. The number of aliphatic hydroxyl groups is 1. The lowest BCUT2D eigenvalue weighted by molar-refractivity contribution is -0.00462. The number of carbonyl (C=O) groups excluding carboxylic acids is 1. The molecule has 0 spiro atoms. The molecule has 1 saturated heterocycles. The van der Waals surface area contributed by atoms with E-state index in [0.29, 0.717) is 24.8 Å². The van der Waals surface area contributed by atoms with Crippen LogP contribution in [0.15, 0.2) is 42.7 Å². The minimum atomic E-state index is -1.05. The summed E-state index contributed by atoms with van der Waals surface area (Å²) < 4.78 is 24.5. The smallest absolute Gasteiger partial charge is 0.410 e. The molecule has 7 heteroatoms. The van der Waals surface area contributed by atoms with Crippen LogP contribution in [-0.4, -0.2) is 45.9 Å². The van der Waals surface area contributed by atoms with E-state index in [1.54, 1.807) is 32.8 Å². The first-order chi connectivity index (χ1) is 14.2. The van der Waals surface area contributed by atoms with Crippen molar-refractivity contribution in [2.24, 2.45) is 0 Å². The highest BCUT2D eigenvalue weighted by Gasteiger charge is 2.43. The maximum Gasteiger partial charge on any atom is 0.410 e. The number of nitrogens with zero attached hydrogens (tertiary/aromatic N) is 2. The summed E-state index contributed by atoms with van der Waals surface area (Å²) in [5.41, 5.74) is 0.732. The Morgan fingerprint density at radius 1 is 1.27 bits per heavy atom. The van der Waals surface area contributed by atoms with Gasteiger partial charge in [-0.3, -0.25) is 9.88 Å². The Hall–Kier alpha value is -2.67. The van der Waals surface area contributed by atoms with Gasteiger partial charge in [0, 0.05) is 17.8 Å². The van der Waals surface area contributed by atoms with Crippen molar-refractivity contribution < 1.29 is 23.8 Å². The summed E-state index contributed by atoms with van der Waals surface area (Å²) in [7, 11) is 1.61. The molecule has 1 aromatic heterocycles. The van der Waals surface area contributed by atoms with E-state index in [1.807, 2.05) is 24.3 Å². The van der Waals surface area contributed by atoms with Crippen LogP contribution in [0.25, 0.3) is 0 Å². The van der Waals surface area contributed by atoms with Crippen LogP contribution in [0.3, 0.4) is 0 Å².